The zero-order chi connectivity index (χ0) is 9.28. The lowest BCUT2D eigenvalue weighted by Gasteiger charge is -2.35. The molecule has 1 N–H and O–H groups in total. The van der Waals surface area contributed by atoms with E-state index in [-0.39, 0.29) is 6.10 Å². The smallest absolute Gasteiger partial charge is 0.0574 e. The Hall–Kier alpha value is -0.300. The van der Waals surface area contributed by atoms with E-state index < -0.39 is 0 Å². The van der Waals surface area contributed by atoms with Gasteiger partial charge in [-0.25, -0.2) is 0 Å². The highest BCUT2D eigenvalue weighted by molar-refractivity contribution is 5.18. The quantitative estimate of drug-likeness (QED) is 0.581. The second-order valence-electron chi connectivity index (χ2n) is 5.85. The van der Waals surface area contributed by atoms with Crippen LogP contribution in [0.25, 0.3) is 0 Å². The predicted octanol–water partition coefficient (Wildman–Crippen LogP) is 2.22. The predicted molar refractivity (Wildman–Crippen MR) is 54.6 cm³/mol. The van der Waals surface area contributed by atoms with Crippen LogP contribution in [0.2, 0.25) is 0 Å². The second kappa shape index (κ2) is 2.44. The van der Waals surface area contributed by atoms with Crippen molar-refractivity contribution in [3.63, 3.8) is 0 Å². The number of rotatable bonds is 0. The molecule has 14 heavy (non-hydrogen) atoms. The maximum atomic E-state index is 10.0. The maximum Gasteiger partial charge on any atom is 0.0574 e. The summed E-state index contributed by atoms with van der Waals surface area (Å²) in [6.45, 7) is 0. The summed E-state index contributed by atoms with van der Waals surface area (Å²) in [7, 11) is 0. The SMILES string of the molecule is OC1CCC2C3CC(C4C=CCC43)C12. The van der Waals surface area contributed by atoms with Crippen molar-refractivity contribution in [3.8, 4) is 0 Å². The van der Waals surface area contributed by atoms with Gasteiger partial charge in [0, 0.05) is 0 Å². The molecule has 3 fully saturated rings. The van der Waals surface area contributed by atoms with E-state index in [4.69, 9.17) is 0 Å². The van der Waals surface area contributed by atoms with Crippen molar-refractivity contribution < 1.29 is 5.11 Å². The fourth-order valence-corrected chi connectivity index (χ4v) is 5.30. The average molecular weight is 190 g/mol. The van der Waals surface area contributed by atoms with Gasteiger partial charge in [-0.05, 0) is 61.2 Å². The van der Waals surface area contributed by atoms with Gasteiger partial charge in [-0.2, -0.15) is 0 Å². The molecule has 3 saturated carbocycles. The molecule has 0 amide bonds. The van der Waals surface area contributed by atoms with E-state index in [9.17, 15) is 5.11 Å². The van der Waals surface area contributed by atoms with Gasteiger partial charge in [0.25, 0.3) is 0 Å². The van der Waals surface area contributed by atoms with Crippen LogP contribution >= 0.6 is 0 Å². The lowest BCUT2D eigenvalue weighted by molar-refractivity contribution is 0.0569. The third-order valence-electron chi connectivity index (χ3n) is 5.63. The Morgan fingerprint density at radius 2 is 1.93 bits per heavy atom. The molecular weight excluding hydrogens is 172 g/mol. The van der Waals surface area contributed by atoms with E-state index in [2.05, 4.69) is 12.2 Å². The number of hydrogen-bond donors (Lipinski definition) is 1. The molecule has 4 rings (SSSR count). The van der Waals surface area contributed by atoms with E-state index >= 15 is 0 Å². The van der Waals surface area contributed by atoms with E-state index in [1.165, 1.54) is 19.3 Å². The fourth-order valence-electron chi connectivity index (χ4n) is 5.30. The molecular formula is C13H18O. The summed E-state index contributed by atoms with van der Waals surface area (Å²) in [5.41, 5.74) is 0. The zero-order valence-electron chi connectivity index (χ0n) is 8.47. The number of fused-ring (bicyclic) bond motifs is 8. The summed E-state index contributed by atoms with van der Waals surface area (Å²) in [4.78, 5) is 0. The number of aliphatic hydroxyl groups is 1. The molecule has 0 radical (unpaired) electrons. The van der Waals surface area contributed by atoms with Gasteiger partial charge < -0.3 is 5.11 Å². The standard InChI is InChI=1S/C13H18O/c14-12-5-4-9-10-6-11(13(9)12)8-3-1-2-7(8)10/h1,3,7-14H,2,4-6H2. The normalized spacial score (nSPS) is 63.4. The van der Waals surface area contributed by atoms with Crippen molar-refractivity contribution in [1.82, 2.24) is 0 Å². The molecule has 0 aromatic rings. The zero-order valence-corrected chi connectivity index (χ0v) is 8.47. The van der Waals surface area contributed by atoms with Crippen molar-refractivity contribution >= 4 is 0 Å². The van der Waals surface area contributed by atoms with Gasteiger partial charge in [0.15, 0.2) is 0 Å². The Morgan fingerprint density at radius 1 is 1.00 bits per heavy atom. The summed E-state index contributed by atoms with van der Waals surface area (Å²) in [6.07, 6.45) is 10.1. The minimum Gasteiger partial charge on any atom is -0.393 e. The van der Waals surface area contributed by atoms with Crippen molar-refractivity contribution in [3.05, 3.63) is 12.2 Å². The number of allylic oxidation sites excluding steroid dienone is 2. The average Bonchev–Trinajstić information content (AvgIpc) is 2.82. The molecule has 0 aromatic carbocycles. The first-order valence-corrected chi connectivity index (χ1v) is 6.21. The van der Waals surface area contributed by atoms with Gasteiger partial charge in [-0.3, -0.25) is 0 Å². The van der Waals surface area contributed by atoms with E-state index in [0.717, 1.165) is 36.0 Å². The Kier molecular flexibility index (Phi) is 1.38. The lowest BCUT2D eigenvalue weighted by atomic mass is 9.70. The Labute approximate surface area is 85.2 Å². The first kappa shape index (κ1) is 7.92. The Morgan fingerprint density at radius 3 is 2.86 bits per heavy atom. The molecule has 4 aliphatic carbocycles. The highest BCUT2D eigenvalue weighted by Crippen LogP contribution is 2.65. The molecule has 0 spiro atoms. The van der Waals surface area contributed by atoms with Crippen molar-refractivity contribution in [2.75, 3.05) is 0 Å². The lowest BCUT2D eigenvalue weighted by Crippen LogP contribution is -2.33. The van der Waals surface area contributed by atoms with Crippen molar-refractivity contribution in [1.29, 1.82) is 0 Å². The van der Waals surface area contributed by atoms with Gasteiger partial charge in [0.05, 0.1) is 6.10 Å². The molecule has 4 aliphatic rings. The van der Waals surface area contributed by atoms with Crippen LogP contribution in [-0.4, -0.2) is 11.2 Å². The minimum absolute atomic E-state index is 0.0462. The van der Waals surface area contributed by atoms with Crippen molar-refractivity contribution in [2.24, 2.45) is 35.5 Å². The van der Waals surface area contributed by atoms with E-state index in [1.54, 1.807) is 0 Å². The monoisotopic (exact) mass is 190 g/mol. The van der Waals surface area contributed by atoms with Crippen LogP contribution in [0.5, 0.6) is 0 Å². The van der Waals surface area contributed by atoms with Gasteiger partial charge in [0.1, 0.15) is 0 Å². The summed E-state index contributed by atoms with van der Waals surface area (Å²) in [5.74, 6) is 5.24. The molecule has 7 unspecified atom stereocenters. The topological polar surface area (TPSA) is 20.2 Å². The molecule has 76 valence electrons. The molecule has 0 aromatic heterocycles. The largest absolute Gasteiger partial charge is 0.393 e. The van der Waals surface area contributed by atoms with E-state index in [0.29, 0.717) is 5.92 Å². The molecule has 0 saturated heterocycles. The highest BCUT2D eigenvalue weighted by atomic mass is 16.3. The summed E-state index contributed by atoms with van der Waals surface area (Å²) in [5, 5.41) is 10.0. The van der Waals surface area contributed by atoms with Crippen LogP contribution in [-0.2, 0) is 0 Å². The van der Waals surface area contributed by atoms with Crippen molar-refractivity contribution in [2.45, 2.75) is 31.8 Å². The molecule has 1 nitrogen and oxygen atoms in total. The third-order valence-corrected chi connectivity index (χ3v) is 5.63. The van der Waals surface area contributed by atoms with Crippen LogP contribution in [0.15, 0.2) is 12.2 Å². The first-order valence-electron chi connectivity index (χ1n) is 6.21. The molecule has 0 aliphatic heterocycles. The van der Waals surface area contributed by atoms with Crippen LogP contribution in [0.4, 0.5) is 0 Å². The molecule has 0 heterocycles. The molecule has 1 heteroatoms. The number of hydrogen-bond acceptors (Lipinski definition) is 1. The Bertz CT molecular complexity index is 296. The second-order valence-corrected chi connectivity index (χ2v) is 5.85. The Balaban J connectivity index is 1.74. The maximum absolute atomic E-state index is 10.0. The van der Waals surface area contributed by atoms with Gasteiger partial charge in [0.2, 0.25) is 0 Å². The van der Waals surface area contributed by atoms with Gasteiger partial charge in [-0.1, -0.05) is 12.2 Å². The van der Waals surface area contributed by atoms with Crippen LogP contribution in [0.1, 0.15) is 25.7 Å². The van der Waals surface area contributed by atoms with Crippen LogP contribution in [0, 0.1) is 35.5 Å². The highest BCUT2D eigenvalue weighted by Gasteiger charge is 2.60. The molecule has 2 bridgehead atoms. The number of aliphatic hydroxyl groups excluding tert-OH is 1. The van der Waals surface area contributed by atoms with Gasteiger partial charge in [-0.15, -0.1) is 0 Å². The fraction of sp³-hybridized carbons (Fsp3) is 0.846. The van der Waals surface area contributed by atoms with Crippen LogP contribution < -0.4 is 0 Å². The summed E-state index contributed by atoms with van der Waals surface area (Å²) < 4.78 is 0. The molecule has 7 atom stereocenters. The van der Waals surface area contributed by atoms with Crippen LogP contribution in [0.3, 0.4) is 0 Å². The third kappa shape index (κ3) is 0.735. The first-order chi connectivity index (χ1) is 6.86. The summed E-state index contributed by atoms with van der Waals surface area (Å²) in [6, 6.07) is 0. The minimum atomic E-state index is 0.0462. The van der Waals surface area contributed by atoms with Gasteiger partial charge >= 0.3 is 0 Å². The summed E-state index contributed by atoms with van der Waals surface area (Å²) >= 11 is 0. The van der Waals surface area contributed by atoms with E-state index in [1.807, 2.05) is 0 Å².